The van der Waals surface area contributed by atoms with Gasteiger partial charge in [-0.05, 0) is 24.6 Å². The monoisotopic (exact) mass is 242 g/mol. The molecule has 0 radical (unpaired) electrons. The molecule has 1 saturated heterocycles. The molecule has 0 aromatic heterocycles. The van der Waals surface area contributed by atoms with Gasteiger partial charge in [-0.1, -0.05) is 12.1 Å². The molecule has 0 spiro atoms. The normalized spacial score (nSPS) is 34.9. The lowest BCUT2D eigenvalue weighted by molar-refractivity contribution is -0.0635. The Morgan fingerprint density at radius 3 is 2.24 bits per heavy atom. The molecule has 0 unspecified atom stereocenters. The van der Waals surface area contributed by atoms with Gasteiger partial charge in [0.25, 0.3) is 0 Å². The molecule has 5 heteroatoms. The van der Waals surface area contributed by atoms with Gasteiger partial charge in [0.15, 0.2) is 0 Å². The molecular weight excluding hydrogens is 227 g/mol. The third-order valence-electron chi connectivity index (χ3n) is 3.06. The van der Waals surface area contributed by atoms with Crippen molar-refractivity contribution in [1.82, 2.24) is 0 Å². The molecule has 1 aliphatic heterocycles. The Bertz CT molecular complexity index is 381. The average molecular weight is 242 g/mol. The molecule has 5 atom stereocenters. The van der Waals surface area contributed by atoms with Crippen molar-refractivity contribution < 1.29 is 24.4 Å². The van der Waals surface area contributed by atoms with Gasteiger partial charge in [0.05, 0.1) is 6.10 Å². The quantitative estimate of drug-likeness (QED) is 0.700. The van der Waals surface area contributed by atoms with Gasteiger partial charge >= 0.3 is 0 Å². The number of rotatable bonds is 2. The van der Waals surface area contributed by atoms with Crippen LogP contribution in [0.15, 0.2) is 24.3 Å². The Labute approximate surface area is 98.3 Å². The Kier molecular flexibility index (Phi) is 3.44. The van der Waals surface area contributed by atoms with Crippen LogP contribution in [-0.4, -0.2) is 39.7 Å². The van der Waals surface area contributed by atoms with Crippen molar-refractivity contribution in [1.29, 1.82) is 0 Å². The molecule has 1 heterocycles. The van der Waals surface area contributed by atoms with E-state index in [-0.39, 0.29) is 0 Å². The zero-order valence-electron chi connectivity index (χ0n) is 9.32. The van der Waals surface area contributed by atoms with Crippen LogP contribution in [-0.2, 0) is 4.74 Å². The van der Waals surface area contributed by atoms with Crippen LogP contribution in [0.4, 0.5) is 4.39 Å². The van der Waals surface area contributed by atoms with Crippen molar-refractivity contribution in [3.8, 4) is 0 Å². The predicted molar refractivity (Wildman–Crippen MR) is 57.7 cm³/mol. The molecule has 0 amide bonds. The number of hydrogen-bond donors (Lipinski definition) is 3. The maximum absolute atomic E-state index is 12.7. The first kappa shape index (κ1) is 12.4. The van der Waals surface area contributed by atoms with E-state index in [1.54, 1.807) is 6.92 Å². The van der Waals surface area contributed by atoms with E-state index in [4.69, 9.17) is 4.74 Å². The third kappa shape index (κ3) is 2.32. The summed E-state index contributed by atoms with van der Waals surface area (Å²) < 4.78 is 18.0. The summed E-state index contributed by atoms with van der Waals surface area (Å²) in [5.41, 5.74) is 0.441. The topological polar surface area (TPSA) is 69.9 Å². The van der Waals surface area contributed by atoms with Crippen LogP contribution < -0.4 is 0 Å². The highest BCUT2D eigenvalue weighted by Gasteiger charge is 2.44. The zero-order chi connectivity index (χ0) is 12.6. The molecule has 0 bridgehead atoms. The van der Waals surface area contributed by atoms with Crippen LogP contribution in [0.25, 0.3) is 0 Å². The van der Waals surface area contributed by atoms with Crippen LogP contribution in [0.5, 0.6) is 0 Å². The molecule has 1 fully saturated rings. The van der Waals surface area contributed by atoms with Gasteiger partial charge in [-0.15, -0.1) is 0 Å². The molecule has 17 heavy (non-hydrogen) atoms. The SMILES string of the molecule is C[C@@H]1O[C@H]([C@@H](O)c2ccc(F)cc2)[C@@H](O)[C@H]1O. The van der Waals surface area contributed by atoms with E-state index in [0.29, 0.717) is 5.56 Å². The predicted octanol–water partition coefficient (Wildman–Crippen LogP) is 0.368. The second kappa shape index (κ2) is 4.70. The Hall–Kier alpha value is -1.01. The second-order valence-electron chi connectivity index (χ2n) is 4.28. The summed E-state index contributed by atoms with van der Waals surface area (Å²) in [6, 6.07) is 5.29. The third-order valence-corrected chi connectivity index (χ3v) is 3.06. The number of hydrogen-bond acceptors (Lipinski definition) is 4. The van der Waals surface area contributed by atoms with Crippen molar-refractivity contribution in [2.45, 2.75) is 37.4 Å². The first-order chi connectivity index (χ1) is 8.00. The highest BCUT2D eigenvalue weighted by molar-refractivity contribution is 5.20. The van der Waals surface area contributed by atoms with Crippen LogP contribution in [0.2, 0.25) is 0 Å². The highest BCUT2D eigenvalue weighted by atomic mass is 19.1. The van der Waals surface area contributed by atoms with Crippen LogP contribution >= 0.6 is 0 Å². The molecule has 94 valence electrons. The number of ether oxygens (including phenoxy) is 1. The number of halogens is 1. The van der Waals surface area contributed by atoms with Gasteiger partial charge in [-0.25, -0.2) is 4.39 Å². The fourth-order valence-electron chi connectivity index (χ4n) is 1.99. The molecule has 3 N–H and O–H groups in total. The van der Waals surface area contributed by atoms with Gasteiger partial charge in [0.2, 0.25) is 0 Å². The van der Waals surface area contributed by atoms with Crippen molar-refractivity contribution in [3.05, 3.63) is 35.6 Å². The summed E-state index contributed by atoms with van der Waals surface area (Å²) in [6.45, 7) is 1.62. The second-order valence-corrected chi connectivity index (χ2v) is 4.28. The van der Waals surface area contributed by atoms with Gasteiger partial charge in [-0.3, -0.25) is 0 Å². The minimum atomic E-state index is -1.15. The largest absolute Gasteiger partial charge is 0.388 e. The molecule has 2 rings (SSSR count). The molecule has 4 nitrogen and oxygen atoms in total. The van der Waals surface area contributed by atoms with E-state index < -0.39 is 36.3 Å². The van der Waals surface area contributed by atoms with Crippen molar-refractivity contribution in [2.75, 3.05) is 0 Å². The first-order valence-corrected chi connectivity index (χ1v) is 5.46. The lowest BCUT2D eigenvalue weighted by Crippen LogP contribution is -2.34. The maximum atomic E-state index is 12.7. The van der Waals surface area contributed by atoms with Gasteiger partial charge in [-0.2, -0.15) is 0 Å². The van der Waals surface area contributed by atoms with Crippen molar-refractivity contribution in [3.63, 3.8) is 0 Å². The standard InChI is InChI=1S/C12H15FO4/c1-6-9(14)11(16)12(17-6)10(15)7-2-4-8(13)5-3-7/h2-6,9-12,14-16H,1H3/t6-,9-,10-,11-,12+/m0/s1. The summed E-state index contributed by atoms with van der Waals surface area (Å²) in [5, 5.41) is 29.2. The minimum Gasteiger partial charge on any atom is -0.388 e. The van der Waals surface area contributed by atoms with E-state index in [1.165, 1.54) is 24.3 Å². The minimum absolute atomic E-state index is 0.401. The summed E-state index contributed by atoms with van der Waals surface area (Å²) in [6.07, 6.45) is -4.69. The molecular formula is C12H15FO4. The van der Waals surface area contributed by atoms with Crippen molar-refractivity contribution >= 4 is 0 Å². The van der Waals surface area contributed by atoms with Gasteiger partial charge < -0.3 is 20.1 Å². The van der Waals surface area contributed by atoms with Gasteiger partial charge in [0, 0.05) is 0 Å². The maximum Gasteiger partial charge on any atom is 0.123 e. The number of aliphatic hydroxyl groups excluding tert-OH is 3. The lowest BCUT2D eigenvalue weighted by Gasteiger charge is -2.21. The zero-order valence-corrected chi connectivity index (χ0v) is 9.32. The Morgan fingerprint density at radius 1 is 1.18 bits per heavy atom. The molecule has 0 aliphatic carbocycles. The number of aliphatic hydroxyl groups is 3. The smallest absolute Gasteiger partial charge is 0.123 e. The Balaban J connectivity index is 2.15. The summed E-state index contributed by atoms with van der Waals surface area (Å²) in [4.78, 5) is 0. The van der Waals surface area contributed by atoms with Gasteiger partial charge in [0.1, 0.15) is 30.2 Å². The highest BCUT2D eigenvalue weighted by Crippen LogP contribution is 2.30. The molecule has 1 aliphatic rings. The number of benzene rings is 1. The average Bonchev–Trinajstić information content (AvgIpc) is 2.57. The van der Waals surface area contributed by atoms with E-state index in [1.807, 2.05) is 0 Å². The first-order valence-electron chi connectivity index (χ1n) is 5.46. The van der Waals surface area contributed by atoms with Crippen LogP contribution in [0, 0.1) is 5.82 Å². The molecule has 1 aromatic carbocycles. The van der Waals surface area contributed by atoms with Crippen molar-refractivity contribution in [2.24, 2.45) is 0 Å². The van der Waals surface area contributed by atoms with E-state index in [0.717, 1.165) is 0 Å². The van der Waals surface area contributed by atoms with Crippen LogP contribution in [0.3, 0.4) is 0 Å². The van der Waals surface area contributed by atoms with E-state index >= 15 is 0 Å². The molecule has 0 saturated carbocycles. The fraction of sp³-hybridized carbons (Fsp3) is 0.500. The fourth-order valence-corrected chi connectivity index (χ4v) is 1.99. The summed E-state index contributed by atoms with van der Waals surface area (Å²) >= 11 is 0. The summed E-state index contributed by atoms with van der Waals surface area (Å²) in [7, 11) is 0. The van der Waals surface area contributed by atoms with E-state index in [2.05, 4.69) is 0 Å². The summed E-state index contributed by atoms with van der Waals surface area (Å²) in [5.74, 6) is -0.401. The van der Waals surface area contributed by atoms with Crippen LogP contribution in [0.1, 0.15) is 18.6 Å². The molecule has 1 aromatic rings. The lowest BCUT2D eigenvalue weighted by atomic mass is 9.99. The Morgan fingerprint density at radius 2 is 1.76 bits per heavy atom. The van der Waals surface area contributed by atoms with E-state index in [9.17, 15) is 19.7 Å².